The van der Waals surface area contributed by atoms with E-state index in [1.54, 1.807) is 11.1 Å². The first-order valence-electron chi connectivity index (χ1n) is 12.0. The molecule has 1 aliphatic heterocycles. The predicted molar refractivity (Wildman–Crippen MR) is 131 cm³/mol. The maximum absolute atomic E-state index is 6.63. The van der Waals surface area contributed by atoms with Crippen LogP contribution >= 0.6 is 0 Å². The summed E-state index contributed by atoms with van der Waals surface area (Å²) in [6.07, 6.45) is 10.8. The van der Waals surface area contributed by atoms with Crippen molar-refractivity contribution in [1.29, 1.82) is 0 Å². The quantitative estimate of drug-likeness (QED) is 0.430. The first-order valence-corrected chi connectivity index (χ1v) is 12.0. The highest BCUT2D eigenvalue weighted by atomic mass is 16.5. The third-order valence-electron chi connectivity index (χ3n) is 9.00. The topological polar surface area (TPSA) is 9.23 Å². The van der Waals surface area contributed by atoms with Gasteiger partial charge in [0, 0.05) is 33.8 Å². The summed E-state index contributed by atoms with van der Waals surface area (Å²) in [6, 6.07) is 13.7. The fourth-order valence-corrected chi connectivity index (χ4v) is 7.29. The molecule has 3 unspecified atom stereocenters. The van der Waals surface area contributed by atoms with Crippen molar-refractivity contribution >= 4 is 5.57 Å². The van der Waals surface area contributed by atoms with Gasteiger partial charge in [-0.3, -0.25) is 0 Å². The molecule has 0 aromatic heterocycles. The smallest absolute Gasteiger partial charge is 0.135 e. The molecule has 5 aliphatic rings. The standard InChI is InChI=1S/C31H30O/c1-17-10-11-18-21-15-26-22(16-25(21)31(4,5)24(18)14-17)28-23(30(26,2)3)13-12-20-19-8-6-7-9-27(19)32-29(20)28/h6-10,12-16,18,28-29H,11H2,1-5H3. The van der Waals surface area contributed by atoms with Crippen molar-refractivity contribution in [3.8, 4) is 5.75 Å². The Morgan fingerprint density at radius 2 is 1.59 bits per heavy atom. The summed E-state index contributed by atoms with van der Waals surface area (Å²) >= 11 is 0. The first-order chi connectivity index (χ1) is 15.3. The van der Waals surface area contributed by atoms with E-state index >= 15 is 0 Å². The summed E-state index contributed by atoms with van der Waals surface area (Å²) in [6.45, 7) is 11.9. The molecule has 32 heavy (non-hydrogen) atoms. The number of benzene rings is 2. The highest BCUT2D eigenvalue weighted by Crippen LogP contribution is 2.61. The first kappa shape index (κ1) is 18.7. The van der Waals surface area contributed by atoms with Gasteiger partial charge in [0.25, 0.3) is 0 Å². The number of para-hydroxylation sites is 1. The largest absolute Gasteiger partial charge is 0.484 e. The molecular formula is C31H30O. The highest BCUT2D eigenvalue weighted by Gasteiger charge is 2.52. The average molecular weight is 419 g/mol. The number of rotatable bonds is 0. The SMILES string of the molecule is CC1=CCC2C(=C1)C(C)(C)c1cc3c(cc12)C(C)(C)C1=CC=C2c4ccccc4OC2C13. The van der Waals surface area contributed by atoms with E-state index in [4.69, 9.17) is 4.74 Å². The van der Waals surface area contributed by atoms with Crippen molar-refractivity contribution in [2.75, 3.05) is 0 Å². The van der Waals surface area contributed by atoms with Crippen LogP contribution in [-0.2, 0) is 10.8 Å². The van der Waals surface area contributed by atoms with Gasteiger partial charge >= 0.3 is 0 Å². The van der Waals surface area contributed by atoms with Crippen molar-refractivity contribution in [1.82, 2.24) is 0 Å². The molecule has 0 amide bonds. The maximum atomic E-state index is 6.63. The van der Waals surface area contributed by atoms with Crippen LogP contribution in [0.5, 0.6) is 5.75 Å². The lowest BCUT2D eigenvalue weighted by atomic mass is 9.75. The monoisotopic (exact) mass is 418 g/mol. The molecule has 0 bridgehead atoms. The van der Waals surface area contributed by atoms with Gasteiger partial charge in [0.15, 0.2) is 0 Å². The Kier molecular flexibility index (Phi) is 3.37. The predicted octanol–water partition coefficient (Wildman–Crippen LogP) is 7.50. The van der Waals surface area contributed by atoms with Gasteiger partial charge in [-0.15, -0.1) is 0 Å². The van der Waals surface area contributed by atoms with Crippen molar-refractivity contribution in [3.05, 3.63) is 105 Å². The van der Waals surface area contributed by atoms with Crippen LogP contribution in [0.3, 0.4) is 0 Å². The van der Waals surface area contributed by atoms with Gasteiger partial charge in [-0.05, 0) is 47.2 Å². The molecule has 0 spiro atoms. The molecular weight excluding hydrogens is 388 g/mol. The van der Waals surface area contributed by atoms with Crippen LogP contribution < -0.4 is 4.74 Å². The molecule has 0 fully saturated rings. The van der Waals surface area contributed by atoms with Crippen LogP contribution in [0.15, 0.2) is 77.4 Å². The lowest BCUT2D eigenvalue weighted by Crippen LogP contribution is -2.27. The van der Waals surface area contributed by atoms with E-state index in [1.165, 1.54) is 39.0 Å². The van der Waals surface area contributed by atoms with Crippen LogP contribution in [0.2, 0.25) is 0 Å². The zero-order valence-corrected chi connectivity index (χ0v) is 19.6. The van der Waals surface area contributed by atoms with E-state index < -0.39 is 0 Å². The van der Waals surface area contributed by atoms with Crippen molar-refractivity contribution in [2.45, 2.75) is 69.8 Å². The number of hydrogen-bond donors (Lipinski definition) is 0. The molecule has 2 aromatic carbocycles. The van der Waals surface area contributed by atoms with Gasteiger partial charge in [0.2, 0.25) is 0 Å². The third-order valence-corrected chi connectivity index (χ3v) is 9.00. The van der Waals surface area contributed by atoms with Gasteiger partial charge in [-0.2, -0.15) is 0 Å². The lowest BCUT2D eigenvalue weighted by molar-refractivity contribution is 0.252. The Labute approximate surface area is 191 Å². The van der Waals surface area contributed by atoms with E-state index in [9.17, 15) is 0 Å². The molecule has 7 rings (SSSR count). The summed E-state index contributed by atoms with van der Waals surface area (Å²) in [5, 5.41) is 0. The molecule has 0 saturated heterocycles. The molecule has 4 aliphatic carbocycles. The minimum absolute atomic E-state index is 0.0201. The van der Waals surface area contributed by atoms with Crippen molar-refractivity contribution < 1.29 is 4.74 Å². The van der Waals surface area contributed by atoms with Crippen LogP contribution in [0, 0.1) is 0 Å². The second-order valence-corrected chi connectivity index (χ2v) is 11.4. The molecule has 1 nitrogen and oxygen atoms in total. The van der Waals surface area contributed by atoms with E-state index in [-0.39, 0.29) is 16.9 Å². The second-order valence-electron chi connectivity index (χ2n) is 11.4. The van der Waals surface area contributed by atoms with Crippen LogP contribution in [0.1, 0.15) is 80.7 Å². The number of allylic oxidation sites excluding steroid dienone is 6. The Hall–Kier alpha value is -2.80. The molecule has 160 valence electrons. The molecule has 0 radical (unpaired) electrons. The summed E-state index contributed by atoms with van der Waals surface area (Å²) in [5.41, 5.74) is 13.3. The Balaban J connectivity index is 1.43. The minimum Gasteiger partial charge on any atom is -0.484 e. The maximum Gasteiger partial charge on any atom is 0.135 e. The van der Waals surface area contributed by atoms with E-state index in [0.717, 1.165) is 12.2 Å². The zero-order valence-electron chi connectivity index (χ0n) is 19.6. The average Bonchev–Trinajstić information content (AvgIpc) is 3.33. The van der Waals surface area contributed by atoms with Gasteiger partial charge in [-0.1, -0.05) is 93.5 Å². The van der Waals surface area contributed by atoms with E-state index in [2.05, 4.69) is 95.3 Å². The Morgan fingerprint density at radius 1 is 0.875 bits per heavy atom. The van der Waals surface area contributed by atoms with Crippen molar-refractivity contribution in [3.63, 3.8) is 0 Å². The highest BCUT2D eigenvalue weighted by molar-refractivity contribution is 5.83. The van der Waals surface area contributed by atoms with Gasteiger partial charge < -0.3 is 4.74 Å². The van der Waals surface area contributed by atoms with Crippen LogP contribution in [-0.4, -0.2) is 6.10 Å². The van der Waals surface area contributed by atoms with Crippen molar-refractivity contribution in [2.24, 2.45) is 0 Å². The fraction of sp³-hybridized carbons (Fsp3) is 0.355. The molecule has 3 atom stereocenters. The summed E-state index contributed by atoms with van der Waals surface area (Å²) in [5.74, 6) is 1.86. The Bertz CT molecular complexity index is 1340. The molecule has 0 saturated carbocycles. The minimum atomic E-state index is 0.0201. The summed E-state index contributed by atoms with van der Waals surface area (Å²) < 4.78 is 6.63. The molecule has 1 heterocycles. The third kappa shape index (κ3) is 2.10. The Morgan fingerprint density at radius 3 is 2.44 bits per heavy atom. The zero-order chi connectivity index (χ0) is 22.0. The molecule has 1 heteroatoms. The molecule has 2 aromatic rings. The number of fused-ring (bicyclic) bond motifs is 10. The second kappa shape index (κ2) is 5.76. The van der Waals surface area contributed by atoms with E-state index in [1.807, 2.05) is 0 Å². The number of hydrogen-bond acceptors (Lipinski definition) is 1. The van der Waals surface area contributed by atoms with E-state index in [0.29, 0.717) is 11.8 Å². The van der Waals surface area contributed by atoms with Crippen LogP contribution in [0.25, 0.3) is 5.57 Å². The lowest BCUT2D eigenvalue weighted by Gasteiger charge is -2.30. The molecule has 0 N–H and O–H groups in total. The fourth-order valence-electron chi connectivity index (χ4n) is 7.29. The van der Waals surface area contributed by atoms with Gasteiger partial charge in [0.1, 0.15) is 11.9 Å². The summed E-state index contributed by atoms with van der Waals surface area (Å²) in [4.78, 5) is 0. The van der Waals surface area contributed by atoms with Crippen LogP contribution in [0.4, 0.5) is 0 Å². The normalized spacial score (nSPS) is 29.2. The summed E-state index contributed by atoms with van der Waals surface area (Å²) in [7, 11) is 0. The van der Waals surface area contributed by atoms with Gasteiger partial charge in [0.05, 0.1) is 0 Å². The number of ether oxygens (including phenoxy) is 1. The van der Waals surface area contributed by atoms with Gasteiger partial charge in [-0.25, -0.2) is 0 Å².